The predicted molar refractivity (Wildman–Crippen MR) is 81.4 cm³/mol. The molecule has 7 heteroatoms. The predicted octanol–water partition coefficient (Wildman–Crippen LogP) is 2.25. The Bertz CT molecular complexity index is 369. The van der Waals surface area contributed by atoms with Gasteiger partial charge in [0.05, 0.1) is 12.9 Å². The molecule has 0 aromatic carbocycles. The Morgan fingerprint density at radius 1 is 1.25 bits per heavy atom. The number of carbonyl (C=O) groups is 1. The van der Waals surface area contributed by atoms with E-state index >= 15 is 0 Å². The van der Waals surface area contributed by atoms with Crippen LogP contribution >= 0.6 is 11.6 Å². The summed E-state index contributed by atoms with van der Waals surface area (Å²) in [4.78, 5) is 11.4. The number of hydrogen-bond donors (Lipinski definition) is 0. The molecule has 120 valence electrons. The second kappa shape index (κ2) is 10.4. The van der Waals surface area contributed by atoms with Gasteiger partial charge in [0, 0.05) is 12.4 Å². The fourth-order valence-corrected chi connectivity index (χ4v) is 3.58. The van der Waals surface area contributed by atoms with Crippen molar-refractivity contribution in [2.24, 2.45) is 5.92 Å². The van der Waals surface area contributed by atoms with Gasteiger partial charge in [-0.15, -0.1) is 11.6 Å². The highest BCUT2D eigenvalue weighted by Gasteiger charge is 2.26. The number of sulfonamides is 1. The Morgan fingerprint density at radius 3 is 2.30 bits per heavy atom. The van der Waals surface area contributed by atoms with Crippen molar-refractivity contribution in [3.05, 3.63) is 0 Å². The van der Waals surface area contributed by atoms with E-state index in [9.17, 15) is 13.2 Å². The van der Waals surface area contributed by atoms with E-state index in [1.54, 1.807) is 0 Å². The normalized spacial score (nSPS) is 12.1. The van der Waals surface area contributed by atoms with E-state index in [1.165, 1.54) is 11.4 Å². The van der Waals surface area contributed by atoms with Crippen LogP contribution in [0.25, 0.3) is 0 Å². The number of carbonyl (C=O) groups excluding carboxylic acids is 1. The average molecular weight is 328 g/mol. The van der Waals surface area contributed by atoms with Crippen LogP contribution in [0.2, 0.25) is 0 Å². The molecule has 0 saturated carbocycles. The summed E-state index contributed by atoms with van der Waals surface area (Å²) in [5, 5.41) is 0. The van der Waals surface area contributed by atoms with E-state index in [4.69, 9.17) is 11.6 Å². The van der Waals surface area contributed by atoms with Crippen molar-refractivity contribution >= 4 is 27.6 Å². The highest BCUT2D eigenvalue weighted by Crippen LogP contribution is 2.14. The van der Waals surface area contributed by atoms with Gasteiger partial charge in [0.1, 0.15) is 6.54 Å². The average Bonchev–Trinajstić information content (AvgIpc) is 2.43. The lowest BCUT2D eigenvalue weighted by Crippen LogP contribution is -2.40. The molecule has 0 rings (SSSR count). The molecule has 0 aliphatic heterocycles. The number of alkyl halides is 1. The molecular formula is C13H26ClNO4S. The molecule has 0 aliphatic carbocycles. The second-order valence-corrected chi connectivity index (χ2v) is 7.23. The molecule has 0 radical (unpaired) electrons. The SMILES string of the molecule is CCC(CC)CN(CC(=O)OC)S(=O)(=O)CCCCCl. The minimum Gasteiger partial charge on any atom is -0.468 e. The van der Waals surface area contributed by atoms with Crippen molar-refractivity contribution in [1.29, 1.82) is 0 Å². The number of halogens is 1. The molecule has 0 aromatic rings. The van der Waals surface area contributed by atoms with Crippen molar-refractivity contribution in [3.8, 4) is 0 Å². The van der Waals surface area contributed by atoms with Gasteiger partial charge in [-0.05, 0) is 18.8 Å². The van der Waals surface area contributed by atoms with Gasteiger partial charge in [0.25, 0.3) is 0 Å². The van der Waals surface area contributed by atoms with Crippen LogP contribution in [0.4, 0.5) is 0 Å². The van der Waals surface area contributed by atoms with Gasteiger partial charge >= 0.3 is 5.97 Å². The summed E-state index contributed by atoms with van der Waals surface area (Å²) in [5.41, 5.74) is 0. The van der Waals surface area contributed by atoms with E-state index < -0.39 is 16.0 Å². The molecule has 0 fully saturated rings. The molecule has 0 N–H and O–H groups in total. The highest BCUT2D eigenvalue weighted by molar-refractivity contribution is 7.89. The molecule has 20 heavy (non-hydrogen) atoms. The Hall–Kier alpha value is -0.330. The highest BCUT2D eigenvalue weighted by atomic mass is 35.5. The van der Waals surface area contributed by atoms with E-state index in [1.807, 2.05) is 13.8 Å². The molecule has 5 nitrogen and oxygen atoms in total. The number of ether oxygens (including phenoxy) is 1. The van der Waals surface area contributed by atoms with Gasteiger partial charge < -0.3 is 4.74 Å². The summed E-state index contributed by atoms with van der Waals surface area (Å²) in [6.45, 7) is 4.19. The molecule has 0 atom stereocenters. The van der Waals surface area contributed by atoms with E-state index in [-0.39, 0.29) is 18.2 Å². The third kappa shape index (κ3) is 7.45. The topological polar surface area (TPSA) is 63.7 Å². The van der Waals surface area contributed by atoms with Crippen molar-refractivity contribution in [1.82, 2.24) is 4.31 Å². The van der Waals surface area contributed by atoms with Crippen molar-refractivity contribution in [2.75, 3.05) is 31.8 Å². The first-order valence-corrected chi connectivity index (χ1v) is 9.16. The molecule has 0 heterocycles. The summed E-state index contributed by atoms with van der Waals surface area (Å²) < 4.78 is 30.4. The third-order valence-electron chi connectivity index (χ3n) is 3.33. The zero-order chi connectivity index (χ0) is 15.6. The van der Waals surface area contributed by atoms with E-state index in [0.29, 0.717) is 25.3 Å². The van der Waals surface area contributed by atoms with Crippen LogP contribution in [0.3, 0.4) is 0 Å². The Labute approximate surface area is 127 Å². The van der Waals surface area contributed by atoms with Crippen LogP contribution in [0.15, 0.2) is 0 Å². The Balaban J connectivity index is 4.84. The summed E-state index contributed by atoms with van der Waals surface area (Å²) in [6.07, 6.45) is 2.92. The Kier molecular flexibility index (Phi) is 10.2. The minimum atomic E-state index is -3.44. The first-order valence-electron chi connectivity index (χ1n) is 7.01. The van der Waals surface area contributed by atoms with Crippen LogP contribution in [0.5, 0.6) is 0 Å². The number of nitrogens with zero attached hydrogens (tertiary/aromatic N) is 1. The van der Waals surface area contributed by atoms with E-state index in [0.717, 1.165) is 12.8 Å². The summed E-state index contributed by atoms with van der Waals surface area (Å²) in [5.74, 6) is 0.190. The minimum absolute atomic E-state index is 0.0247. The number of unbranched alkanes of at least 4 members (excludes halogenated alkanes) is 1. The molecule has 0 aromatic heterocycles. The number of hydrogen-bond acceptors (Lipinski definition) is 4. The molecular weight excluding hydrogens is 302 g/mol. The quantitative estimate of drug-likeness (QED) is 0.332. The molecule has 0 saturated heterocycles. The molecule has 0 bridgehead atoms. The van der Waals surface area contributed by atoms with Crippen molar-refractivity contribution in [3.63, 3.8) is 0 Å². The lowest BCUT2D eigenvalue weighted by atomic mass is 10.0. The summed E-state index contributed by atoms with van der Waals surface area (Å²) >= 11 is 5.56. The smallest absolute Gasteiger partial charge is 0.321 e. The standard InChI is InChI=1S/C13H26ClNO4S/c1-4-12(5-2)10-15(11-13(16)19-3)20(17,18)9-7-6-8-14/h12H,4-11H2,1-3H3. The number of esters is 1. The van der Waals surface area contributed by atoms with Gasteiger partial charge in [-0.25, -0.2) is 8.42 Å². The zero-order valence-corrected chi connectivity index (χ0v) is 14.2. The first kappa shape index (κ1) is 19.7. The second-order valence-electron chi connectivity index (χ2n) is 4.76. The third-order valence-corrected chi connectivity index (χ3v) is 5.47. The fraction of sp³-hybridized carbons (Fsp3) is 0.923. The van der Waals surface area contributed by atoms with Gasteiger partial charge in [0.15, 0.2) is 0 Å². The van der Waals surface area contributed by atoms with Crippen molar-refractivity contribution in [2.45, 2.75) is 39.5 Å². The number of methoxy groups -OCH3 is 1. The van der Waals surface area contributed by atoms with Gasteiger partial charge in [0.2, 0.25) is 10.0 Å². The van der Waals surface area contributed by atoms with E-state index in [2.05, 4.69) is 4.74 Å². The summed E-state index contributed by atoms with van der Waals surface area (Å²) in [6, 6.07) is 0. The van der Waals surface area contributed by atoms with Gasteiger partial charge in [-0.3, -0.25) is 4.79 Å². The zero-order valence-electron chi connectivity index (χ0n) is 12.6. The maximum absolute atomic E-state index is 12.3. The molecule has 0 aliphatic rings. The van der Waals surface area contributed by atoms with Crippen LogP contribution < -0.4 is 0 Å². The molecule has 0 amide bonds. The first-order chi connectivity index (χ1) is 9.41. The maximum Gasteiger partial charge on any atom is 0.321 e. The lowest BCUT2D eigenvalue weighted by molar-refractivity contribution is -0.140. The maximum atomic E-state index is 12.3. The fourth-order valence-electron chi connectivity index (χ4n) is 1.83. The van der Waals surface area contributed by atoms with Crippen LogP contribution in [0.1, 0.15) is 39.5 Å². The van der Waals surface area contributed by atoms with Crippen LogP contribution in [0, 0.1) is 5.92 Å². The molecule has 0 spiro atoms. The monoisotopic (exact) mass is 327 g/mol. The largest absolute Gasteiger partial charge is 0.468 e. The van der Waals surface area contributed by atoms with Crippen LogP contribution in [-0.4, -0.2) is 50.5 Å². The number of rotatable bonds is 11. The van der Waals surface area contributed by atoms with Gasteiger partial charge in [-0.2, -0.15) is 4.31 Å². The lowest BCUT2D eigenvalue weighted by Gasteiger charge is -2.25. The Morgan fingerprint density at radius 2 is 1.85 bits per heavy atom. The summed E-state index contributed by atoms with van der Waals surface area (Å²) in [7, 11) is -2.18. The van der Waals surface area contributed by atoms with Gasteiger partial charge in [-0.1, -0.05) is 26.7 Å². The van der Waals surface area contributed by atoms with Crippen LogP contribution in [-0.2, 0) is 19.6 Å². The van der Waals surface area contributed by atoms with Crippen molar-refractivity contribution < 1.29 is 17.9 Å². The molecule has 0 unspecified atom stereocenters.